The Morgan fingerprint density at radius 2 is 2.31 bits per heavy atom. The molecule has 0 fully saturated rings. The quantitative estimate of drug-likeness (QED) is 0.276. The zero-order valence-electron chi connectivity index (χ0n) is 8.49. The van der Waals surface area contributed by atoms with Crippen LogP contribution >= 0.6 is 11.6 Å². The van der Waals surface area contributed by atoms with E-state index in [1.54, 1.807) is 6.07 Å². The van der Waals surface area contributed by atoms with E-state index in [4.69, 9.17) is 27.3 Å². The molecular weight excluding hydrogens is 235 g/mol. The van der Waals surface area contributed by atoms with E-state index in [1.807, 2.05) is 0 Å². The molecule has 0 radical (unpaired) electrons. The predicted octanol–water partition coefficient (Wildman–Crippen LogP) is 2.38. The Morgan fingerprint density at radius 1 is 1.56 bits per heavy atom. The van der Waals surface area contributed by atoms with Gasteiger partial charge in [0.15, 0.2) is 0 Å². The summed E-state index contributed by atoms with van der Waals surface area (Å²) in [6, 6.07) is 4.22. The van der Waals surface area contributed by atoms with Crippen LogP contribution in [-0.2, 0) is 0 Å². The summed E-state index contributed by atoms with van der Waals surface area (Å²) < 4.78 is 18.2. The summed E-state index contributed by atoms with van der Waals surface area (Å²) in [6.45, 7) is 0.358. The summed E-state index contributed by atoms with van der Waals surface area (Å²) in [5, 5.41) is 11.2. The lowest BCUT2D eigenvalue weighted by Gasteiger charge is -2.06. The van der Waals surface area contributed by atoms with Crippen molar-refractivity contribution in [3.8, 4) is 5.75 Å². The zero-order chi connectivity index (χ0) is 12.0. The second-order valence-corrected chi connectivity index (χ2v) is 3.53. The number of benzene rings is 1. The molecule has 4 nitrogen and oxygen atoms in total. The Kier molecular flexibility index (Phi) is 4.85. The van der Waals surface area contributed by atoms with E-state index in [0.717, 1.165) is 0 Å². The molecule has 0 saturated heterocycles. The van der Waals surface area contributed by atoms with Crippen molar-refractivity contribution in [2.45, 2.75) is 12.8 Å². The highest BCUT2D eigenvalue weighted by Gasteiger charge is 2.01. The average molecular weight is 247 g/mol. The Balaban J connectivity index is 2.35. The molecule has 0 aliphatic heterocycles. The molecule has 0 bridgehead atoms. The van der Waals surface area contributed by atoms with Crippen molar-refractivity contribution in [2.24, 2.45) is 10.9 Å². The van der Waals surface area contributed by atoms with Crippen LogP contribution in [-0.4, -0.2) is 17.6 Å². The monoisotopic (exact) mass is 246 g/mol. The molecule has 3 N–H and O–H groups in total. The van der Waals surface area contributed by atoms with E-state index in [9.17, 15) is 4.39 Å². The van der Waals surface area contributed by atoms with Crippen LogP contribution in [0.5, 0.6) is 5.75 Å². The maximum Gasteiger partial charge on any atom is 0.145 e. The lowest BCUT2D eigenvalue weighted by molar-refractivity contribution is 0.304. The molecule has 0 aliphatic rings. The van der Waals surface area contributed by atoms with E-state index in [-0.39, 0.29) is 10.9 Å². The SMILES string of the molecule is N/C(CCCOc1ccc(Cl)c(F)c1)=N/O. The van der Waals surface area contributed by atoms with Crippen molar-refractivity contribution >= 4 is 17.4 Å². The minimum absolute atomic E-state index is 0.0593. The molecule has 0 heterocycles. The number of ether oxygens (including phenoxy) is 1. The fourth-order valence-electron chi connectivity index (χ4n) is 1.06. The van der Waals surface area contributed by atoms with Crippen molar-refractivity contribution < 1.29 is 14.3 Å². The maximum atomic E-state index is 13.0. The predicted molar refractivity (Wildman–Crippen MR) is 59.5 cm³/mol. The standard InChI is InChI=1S/C10H12ClFN2O2/c11-8-4-3-7(6-9(8)12)16-5-1-2-10(13)14-15/h3-4,6,15H,1-2,5H2,(H2,13,14). The van der Waals surface area contributed by atoms with Crippen LogP contribution in [0.15, 0.2) is 23.4 Å². The Hall–Kier alpha value is -1.49. The summed E-state index contributed by atoms with van der Waals surface area (Å²) in [7, 11) is 0. The molecule has 1 rings (SSSR count). The van der Waals surface area contributed by atoms with Gasteiger partial charge in [-0.2, -0.15) is 0 Å². The van der Waals surface area contributed by atoms with Crippen LogP contribution in [0.3, 0.4) is 0 Å². The molecule has 0 atom stereocenters. The first-order valence-electron chi connectivity index (χ1n) is 4.67. The van der Waals surface area contributed by atoms with Gasteiger partial charge in [0.25, 0.3) is 0 Å². The number of amidine groups is 1. The number of hydrogen-bond donors (Lipinski definition) is 2. The second kappa shape index (κ2) is 6.17. The van der Waals surface area contributed by atoms with Crippen molar-refractivity contribution in [3.63, 3.8) is 0 Å². The summed E-state index contributed by atoms with van der Waals surface area (Å²) in [5.74, 6) is 0.0305. The van der Waals surface area contributed by atoms with Crippen LogP contribution in [0.2, 0.25) is 5.02 Å². The number of halogens is 2. The number of hydrogen-bond acceptors (Lipinski definition) is 3. The number of oxime groups is 1. The number of rotatable bonds is 5. The molecule has 0 saturated carbocycles. The number of nitrogens with two attached hydrogens (primary N) is 1. The Bertz CT molecular complexity index is 385. The highest BCUT2D eigenvalue weighted by atomic mass is 35.5. The molecular formula is C10H12ClFN2O2. The molecule has 0 amide bonds. The van der Waals surface area contributed by atoms with Gasteiger partial charge in [0.1, 0.15) is 17.4 Å². The fourth-order valence-corrected chi connectivity index (χ4v) is 1.18. The molecule has 1 aromatic rings. The van der Waals surface area contributed by atoms with Crippen LogP contribution in [0.4, 0.5) is 4.39 Å². The van der Waals surface area contributed by atoms with Gasteiger partial charge >= 0.3 is 0 Å². The van der Waals surface area contributed by atoms with Crippen molar-refractivity contribution in [3.05, 3.63) is 29.0 Å². The summed E-state index contributed by atoms with van der Waals surface area (Å²) in [5.41, 5.74) is 5.26. The van der Waals surface area contributed by atoms with Gasteiger partial charge in [-0.3, -0.25) is 0 Å². The first-order chi connectivity index (χ1) is 7.63. The number of nitrogens with zero attached hydrogens (tertiary/aromatic N) is 1. The lowest BCUT2D eigenvalue weighted by atomic mass is 10.3. The topological polar surface area (TPSA) is 67.8 Å². The third-order valence-electron chi connectivity index (χ3n) is 1.87. The minimum atomic E-state index is -0.518. The summed E-state index contributed by atoms with van der Waals surface area (Å²) in [4.78, 5) is 0. The first kappa shape index (κ1) is 12.6. The fraction of sp³-hybridized carbons (Fsp3) is 0.300. The van der Waals surface area contributed by atoms with Crippen molar-refractivity contribution in [1.82, 2.24) is 0 Å². The van der Waals surface area contributed by atoms with Gasteiger partial charge in [-0.15, -0.1) is 0 Å². The first-order valence-corrected chi connectivity index (χ1v) is 5.05. The van der Waals surface area contributed by atoms with E-state index in [0.29, 0.717) is 25.2 Å². The summed E-state index contributed by atoms with van der Waals surface area (Å²) in [6.07, 6.45) is 1.01. The van der Waals surface area contributed by atoms with Gasteiger partial charge < -0.3 is 15.7 Å². The zero-order valence-corrected chi connectivity index (χ0v) is 9.25. The molecule has 6 heteroatoms. The van der Waals surface area contributed by atoms with E-state index >= 15 is 0 Å². The van der Waals surface area contributed by atoms with Crippen LogP contribution in [0.1, 0.15) is 12.8 Å². The average Bonchev–Trinajstić information content (AvgIpc) is 2.28. The van der Waals surface area contributed by atoms with Gasteiger partial charge in [-0.1, -0.05) is 16.8 Å². The third kappa shape index (κ3) is 3.94. The second-order valence-electron chi connectivity index (χ2n) is 3.12. The lowest BCUT2D eigenvalue weighted by Crippen LogP contribution is -2.12. The largest absolute Gasteiger partial charge is 0.493 e. The highest BCUT2D eigenvalue weighted by Crippen LogP contribution is 2.20. The van der Waals surface area contributed by atoms with Crippen LogP contribution in [0, 0.1) is 5.82 Å². The van der Waals surface area contributed by atoms with E-state index in [1.165, 1.54) is 12.1 Å². The molecule has 1 aromatic carbocycles. The molecule has 0 spiro atoms. The summed E-state index contributed by atoms with van der Waals surface area (Å²) >= 11 is 5.51. The van der Waals surface area contributed by atoms with Gasteiger partial charge in [-0.05, 0) is 18.6 Å². The van der Waals surface area contributed by atoms with Gasteiger partial charge in [0.05, 0.1) is 11.6 Å². The Labute approximate surface area is 97.5 Å². The Morgan fingerprint density at radius 3 is 2.94 bits per heavy atom. The highest BCUT2D eigenvalue weighted by molar-refractivity contribution is 6.30. The molecule has 16 heavy (non-hydrogen) atoms. The van der Waals surface area contributed by atoms with Gasteiger partial charge in [0.2, 0.25) is 0 Å². The smallest absolute Gasteiger partial charge is 0.145 e. The molecule has 0 aromatic heterocycles. The third-order valence-corrected chi connectivity index (χ3v) is 2.17. The van der Waals surface area contributed by atoms with Crippen molar-refractivity contribution in [1.29, 1.82) is 0 Å². The minimum Gasteiger partial charge on any atom is -0.493 e. The maximum absolute atomic E-state index is 13.0. The molecule has 88 valence electrons. The molecule has 0 aliphatic carbocycles. The van der Waals surface area contributed by atoms with Crippen LogP contribution < -0.4 is 10.5 Å². The molecule has 0 unspecified atom stereocenters. The van der Waals surface area contributed by atoms with E-state index in [2.05, 4.69) is 5.16 Å². The van der Waals surface area contributed by atoms with Gasteiger partial charge in [-0.25, -0.2) is 4.39 Å². The van der Waals surface area contributed by atoms with E-state index < -0.39 is 5.82 Å². The van der Waals surface area contributed by atoms with Gasteiger partial charge in [0, 0.05) is 12.5 Å². The van der Waals surface area contributed by atoms with Crippen molar-refractivity contribution in [2.75, 3.05) is 6.61 Å². The van der Waals surface area contributed by atoms with Crippen LogP contribution in [0.25, 0.3) is 0 Å². The normalized spacial score (nSPS) is 11.5.